The highest BCUT2D eigenvalue weighted by atomic mass is 32.2. The molecule has 0 atom stereocenters. The maximum atomic E-state index is 12.5. The van der Waals surface area contributed by atoms with Crippen LogP contribution >= 0.6 is 0 Å². The molecule has 7 nitrogen and oxygen atoms in total. The Hall–Kier alpha value is -2.16. The number of nitrogens with one attached hydrogen (secondary N) is 2. The molecular weight excluding hydrogens is 316 g/mol. The Bertz CT molecular complexity index is 729. The zero-order valence-electron chi connectivity index (χ0n) is 12.5. The van der Waals surface area contributed by atoms with Crippen LogP contribution in [0.25, 0.3) is 0 Å². The lowest BCUT2D eigenvalue weighted by atomic mass is 10.3. The second kappa shape index (κ2) is 6.95. The summed E-state index contributed by atoms with van der Waals surface area (Å²) in [6, 6.07) is 12.7. The molecule has 1 aromatic carbocycles. The van der Waals surface area contributed by atoms with Crippen LogP contribution in [0.4, 0.5) is 11.5 Å². The smallest absolute Gasteiger partial charge is 0.244 e. The van der Waals surface area contributed by atoms with Gasteiger partial charge in [-0.05, 0) is 24.3 Å². The van der Waals surface area contributed by atoms with Gasteiger partial charge >= 0.3 is 0 Å². The average molecular weight is 334 g/mol. The molecule has 0 unspecified atom stereocenters. The van der Waals surface area contributed by atoms with Crippen molar-refractivity contribution in [3.05, 3.63) is 48.7 Å². The number of sulfonamides is 1. The Balaban J connectivity index is 1.66. The first kappa shape index (κ1) is 15.7. The van der Waals surface area contributed by atoms with Gasteiger partial charge in [0.1, 0.15) is 10.7 Å². The Morgan fingerprint density at radius 3 is 2.39 bits per heavy atom. The second-order valence-electron chi connectivity index (χ2n) is 5.01. The lowest BCUT2D eigenvalue weighted by Crippen LogP contribution is -2.40. The molecule has 2 aromatic rings. The van der Waals surface area contributed by atoms with Gasteiger partial charge in [0.05, 0.1) is 18.9 Å². The van der Waals surface area contributed by atoms with E-state index in [-0.39, 0.29) is 4.90 Å². The molecule has 1 aliphatic heterocycles. The van der Waals surface area contributed by atoms with Gasteiger partial charge in [-0.3, -0.25) is 10.9 Å². The highest BCUT2D eigenvalue weighted by molar-refractivity contribution is 7.89. The SMILES string of the molecule is O=S(=O)(c1ccc(NNc2ccccc2)nc1)N1CCOCC1. The summed E-state index contributed by atoms with van der Waals surface area (Å²) in [5.74, 6) is 0.537. The third-order valence-electron chi connectivity index (χ3n) is 3.45. The fourth-order valence-electron chi connectivity index (χ4n) is 2.20. The molecule has 1 aliphatic rings. The maximum Gasteiger partial charge on any atom is 0.244 e. The van der Waals surface area contributed by atoms with E-state index in [2.05, 4.69) is 15.8 Å². The lowest BCUT2D eigenvalue weighted by Gasteiger charge is -2.25. The number of hydrogen-bond acceptors (Lipinski definition) is 6. The monoisotopic (exact) mass is 334 g/mol. The van der Waals surface area contributed by atoms with Gasteiger partial charge in [0.25, 0.3) is 0 Å². The van der Waals surface area contributed by atoms with Crippen LogP contribution in [0.2, 0.25) is 0 Å². The molecule has 122 valence electrons. The van der Waals surface area contributed by atoms with Crippen LogP contribution in [0.1, 0.15) is 0 Å². The molecular formula is C15H18N4O3S. The van der Waals surface area contributed by atoms with Gasteiger partial charge in [-0.2, -0.15) is 4.31 Å². The van der Waals surface area contributed by atoms with Gasteiger partial charge in [0.2, 0.25) is 10.0 Å². The van der Waals surface area contributed by atoms with Gasteiger partial charge in [0, 0.05) is 19.3 Å². The van der Waals surface area contributed by atoms with E-state index >= 15 is 0 Å². The van der Waals surface area contributed by atoms with E-state index in [9.17, 15) is 8.42 Å². The minimum Gasteiger partial charge on any atom is -0.379 e. The largest absolute Gasteiger partial charge is 0.379 e. The zero-order valence-corrected chi connectivity index (χ0v) is 13.3. The number of hydrazine groups is 1. The third kappa shape index (κ3) is 3.79. The summed E-state index contributed by atoms with van der Waals surface area (Å²) >= 11 is 0. The number of aromatic nitrogens is 1. The van der Waals surface area contributed by atoms with E-state index < -0.39 is 10.0 Å². The number of pyridine rings is 1. The molecule has 23 heavy (non-hydrogen) atoms. The molecule has 3 rings (SSSR count). The molecule has 1 fully saturated rings. The van der Waals surface area contributed by atoms with E-state index in [0.717, 1.165) is 5.69 Å². The number of para-hydroxylation sites is 1. The molecule has 2 heterocycles. The number of rotatable bonds is 5. The van der Waals surface area contributed by atoms with Crippen LogP contribution in [-0.4, -0.2) is 44.0 Å². The molecule has 2 N–H and O–H groups in total. The van der Waals surface area contributed by atoms with Gasteiger partial charge in [-0.25, -0.2) is 13.4 Å². The van der Waals surface area contributed by atoms with Crippen molar-refractivity contribution in [2.75, 3.05) is 37.2 Å². The Morgan fingerprint density at radius 1 is 1.00 bits per heavy atom. The van der Waals surface area contributed by atoms with Crippen molar-refractivity contribution in [1.29, 1.82) is 0 Å². The van der Waals surface area contributed by atoms with Gasteiger partial charge in [-0.1, -0.05) is 18.2 Å². The molecule has 0 aliphatic carbocycles. The van der Waals surface area contributed by atoms with E-state index in [1.54, 1.807) is 12.1 Å². The predicted octanol–water partition coefficient (Wildman–Crippen LogP) is 1.54. The van der Waals surface area contributed by atoms with Crippen LogP contribution in [0.15, 0.2) is 53.6 Å². The standard InChI is InChI=1S/C15H18N4O3S/c20-23(21,19-8-10-22-11-9-19)14-6-7-15(16-12-14)18-17-13-4-2-1-3-5-13/h1-7,12,17H,8-11H2,(H,16,18). The first-order chi connectivity index (χ1) is 11.2. The van der Waals surface area contributed by atoms with E-state index in [1.165, 1.54) is 10.5 Å². The molecule has 0 amide bonds. The molecule has 0 saturated carbocycles. The number of morpholine rings is 1. The highest BCUT2D eigenvalue weighted by Crippen LogP contribution is 2.17. The van der Waals surface area contributed by atoms with Crippen LogP contribution in [0, 0.1) is 0 Å². The summed E-state index contributed by atoms with van der Waals surface area (Å²) in [7, 11) is -3.50. The van der Waals surface area contributed by atoms with E-state index in [1.807, 2.05) is 30.3 Å². The second-order valence-corrected chi connectivity index (χ2v) is 6.95. The number of nitrogens with zero attached hydrogens (tertiary/aromatic N) is 2. The molecule has 0 radical (unpaired) electrons. The highest BCUT2D eigenvalue weighted by Gasteiger charge is 2.26. The minimum absolute atomic E-state index is 0.185. The molecule has 1 aromatic heterocycles. The third-order valence-corrected chi connectivity index (χ3v) is 5.34. The van der Waals surface area contributed by atoms with Gasteiger partial charge in [0.15, 0.2) is 0 Å². The Labute approximate surface area is 135 Å². The van der Waals surface area contributed by atoms with Crippen molar-refractivity contribution in [3.63, 3.8) is 0 Å². The van der Waals surface area contributed by atoms with Crippen LogP contribution in [-0.2, 0) is 14.8 Å². The van der Waals surface area contributed by atoms with Crippen LogP contribution < -0.4 is 10.9 Å². The molecule has 0 bridgehead atoms. The van der Waals surface area contributed by atoms with E-state index in [4.69, 9.17) is 4.74 Å². The van der Waals surface area contributed by atoms with Crippen molar-refractivity contribution in [2.45, 2.75) is 4.90 Å². The predicted molar refractivity (Wildman–Crippen MR) is 87.5 cm³/mol. The van der Waals surface area contributed by atoms with Crippen molar-refractivity contribution in [3.8, 4) is 0 Å². The first-order valence-corrected chi connectivity index (χ1v) is 8.71. The normalized spacial score (nSPS) is 16.0. The zero-order chi connectivity index (χ0) is 16.1. The van der Waals surface area contributed by atoms with Gasteiger partial charge in [-0.15, -0.1) is 0 Å². The summed E-state index contributed by atoms with van der Waals surface area (Å²) in [5, 5.41) is 0. The molecule has 1 saturated heterocycles. The summed E-state index contributed by atoms with van der Waals surface area (Å²) < 4.78 is 31.5. The summed E-state index contributed by atoms with van der Waals surface area (Å²) in [6.45, 7) is 1.59. The average Bonchev–Trinajstić information content (AvgIpc) is 2.62. The number of hydrogen-bond donors (Lipinski definition) is 2. The Morgan fingerprint density at radius 2 is 1.74 bits per heavy atom. The van der Waals surface area contributed by atoms with E-state index in [0.29, 0.717) is 32.1 Å². The summed E-state index contributed by atoms with van der Waals surface area (Å²) in [4.78, 5) is 4.33. The van der Waals surface area contributed by atoms with Crippen LogP contribution in [0.3, 0.4) is 0 Å². The first-order valence-electron chi connectivity index (χ1n) is 7.27. The fourth-order valence-corrected chi connectivity index (χ4v) is 3.55. The van der Waals surface area contributed by atoms with Crippen molar-refractivity contribution < 1.29 is 13.2 Å². The van der Waals surface area contributed by atoms with Crippen molar-refractivity contribution in [2.24, 2.45) is 0 Å². The minimum atomic E-state index is -3.50. The number of ether oxygens (including phenoxy) is 1. The topological polar surface area (TPSA) is 83.6 Å². The lowest BCUT2D eigenvalue weighted by molar-refractivity contribution is 0.0730. The fraction of sp³-hybridized carbons (Fsp3) is 0.267. The number of benzene rings is 1. The summed E-state index contributed by atoms with van der Waals surface area (Å²) in [6.07, 6.45) is 1.36. The number of anilines is 2. The maximum absolute atomic E-state index is 12.5. The quantitative estimate of drug-likeness (QED) is 0.807. The molecule has 8 heteroatoms. The summed E-state index contributed by atoms with van der Waals surface area (Å²) in [5.41, 5.74) is 6.81. The van der Waals surface area contributed by atoms with Gasteiger partial charge < -0.3 is 4.74 Å². The van der Waals surface area contributed by atoms with Crippen LogP contribution in [0.5, 0.6) is 0 Å². The molecule has 0 spiro atoms. The van der Waals surface area contributed by atoms with Crippen molar-refractivity contribution >= 4 is 21.5 Å². The Kier molecular flexibility index (Phi) is 4.75. The van der Waals surface area contributed by atoms with Crippen molar-refractivity contribution in [1.82, 2.24) is 9.29 Å².